The molecule has 0 atom stereocenters. The number of phenolic OH excluding ortho intramolecular Hbond substituents is 1. The Morgan fingerprint density at radius 1 is 1.21 bits per heavy atom. The fourth-order valence-corrected chi connectivity index (χ4v) is 4.42. The van der Waals surface area contributed by atoms with Gasteiger partial charge in [0.05, 0.1) is 31.3 Å². The number of methoxy groups -OCH3 is 1. The van der Waals surface area contributed by atoms with Crippen LogP contribution in [-0.4, -0.2) is 46.9 Å². The first-order valence-corrected chi connectivity index (χ1v) is 11.4. The average molecular weight is 467 g/mol. The molecular weight excluding hydrogens is 444 g/mol. The van der Waals surface area contributed by atoms with Gasteiger partial charge in [-0.05, 0) is 30.3 Å². The summed E-state index contributed by atoms with van der Waals surface area (Å²) in [5, 5.41) is 16.0. The van der Waals surface area contributed by atoms with Crippen LogP contribution in [0.15, 0.2) is 66.8 Å². The van der Waals surface area contributed by atoms with Crippen molar-refractivity contribution >= 4 is 32.6 Å². The molecule has 0 saturated heterocycles. The summed E-state index contributed by atoms with van der Waals surface area (Å²) < 4.78 is 33.4. The number of rotatable bonds is 8. The number of hydrogen-bond acceptors (Lipinski definition) is 8. The maximum absolute atomic E-state index is 12.7. The molecule has 4 aromatic rings. The summed E-state index contributed by atoms with van der Waals surface area (Å²) in [6.45, 7) is 3.71. The minimum absolute atomic E-state index is 0.0117. The first-order valence-electron chi connectivity index (χ1n) is 9.90. The summed E-state index contributed by atoms with van der Waals surface area (Å²) in [7, 11) is -2.30. The highest BCUT2D eigenvalue weighted by Crippen LogP contribution is 2.35. The zero-order valence-corrected chi connectivity index (χ0v) is 18.6. The lowest BCUT2D eigenvalue weighted by Crippen LogP contribution is -2.32. The number of nitrogens with two attached hydrogens (primary N) is 1. The molecule has 0 radical (unpaired) electrons. The maximum Gasteiger partial charge on any atom is 0.256 e. The van der Waals surface area contributed by atoms with Gasteiger partial charge in [0.1, 0.15) is 17.8 Å². The second kappa shape index (κ2) is 8.79. The number of sulfonamides is 1. The highest BCUT2D eigenvalue weighted by molar-refractivity contribution is 7.95. The summed E-state index contributed by atoms with van der Waals surface area (Å²) in [5.41, 5.74) is 8.22. The standard InChI is InChI=1S/C22H22N6O4S/c1-3-33(30,31)28(16-7-5-4-6-8-16)12-11-27-22-19(21(23)24-14-25-22)20(26-27)15-9-10-17(29)18(13-15)32-2/h3-10,13-14,29H,1,11-12H2,2H3,(H2,23,24,25). The minimum Gasteiger partial charge on any atom is -0.504 e. The lowest BCUT2D eigenvalue weighted by atomic mass is 10.1. The van der Waals surface area contributed by atoms with Crippen LogP contribution in [0.4, 0.5) is 11.5 Å². The van der Waals surface area contributed by atoms with Gasteiger partial charge in [-0.2, -0.15) is 5.10 Å². The molecule has 0 fully saturated rings. The van der Waals surface area contributed by atoms with Crippen LogP contribution in [0, 0.1) is 0 Å². The van der Waals surface area contributed by atoms with E-state index in [0.29, 0.717) is 28.0 Å². The molecule has 10 nitrogen and oxygen atoms in total. The van der Waals surface area contributed by atoms with Gasteiger partial charge in [0, 0.05) is 11.0 Å². The number of fused-ring (bicyclic) bond motifs is 1. The average Bonchev–Trinajstić information content (AvgIpc) is 3.20. The zero-order chi connectivity index (χ0) is 23.6. The molecule has 3 N–H and O–H groups in total. The summed E-state index contributed by atoms with van der Waals surface area (Å²) in [5.74, 6) is 0.493. The number of hydrogen-bond donors (Lipinski definition) is 2. The van der Waals surface area contributed by atoms with Crippen molar-refractivity contribution in [2.45, 2.75) is 6.54 Å². The van der Waals surface area contributed by atoms with Gasteiger partial charge in [-0.15, -0.1) is 0 Å². The lowest BCUT2D eigenvalue weighted by molar-refractivity contribution is 0.373. The van der Waals surface area contributed by atoms with Crippen LogP contribution < -0.4 is 14.8 Å². The number of para-hydroxylation sites is 1. The van der Waals surface area contributed by atoms with E-state index in [9.17, 15) is 13.5 Å². The fourth-order valence-electron chi connectivity index (χ4n) is 3.49. The molecule has 2 aromatic carbocycles. The molecule has 170 valence electrons. The lowest BCUT2D eigenvalue weighted by Gasteiger charge is -2.22. The first kappa shape index (κ1) is 22.1. The number of anilines is 2. The van der Waals surface area contributed by atoms with E-state index in [4.69, 9.17) is 10.5 Å². The molecule has 11 heteroatoms. The van der Waals surface area contributed by atoms with E-state index < -0.39 is 10.0 Å². The van der Waals surface area contributed by atoms with Gasteiger partial charge in [0.25, 0.3) is 10.0 Å². The van der Waals surface area contributed by atoms with E-state index in [1.54, 1.807) is 47.1 Å². The number of ether oxygens (including phenoxy) is 1. The molecule has 33 heavy (non-hydrogen) atoms. The van der Waals surface area contributed by atoms with E-state index in [-0.39, 0.29) is 30.4 Å². The molecule has 2 heterocycles. The van der Waals surface area contributed by atoms with Crippen molar-refractivity contribution in [3.8, 4) is 22.8 Å². The maximum atomic E-state index is 12.7. The molecule has 0 aliphatic heterocycles. The van der Waals surface area contributed by atoms with E-state index in [1.807, 2.05) is 0 Å². The van der Waals surface area contributed by atoms with Crippen LogP contribution >= 0.6 is 0 Å². The molecule has 0 unspecified atom stereocenters. The second-order valence-electron chi connectivity index (χ2n) is 7.04. The third-order valence-corrected chi connectivity index (χ3v) is 6.52. The van der Waals surface area contributed by atoms with Crippen molar-refractivity contribution < 1.29 is 18.3 Å². The molecule has 0 aliphatic rings. The fraction of sp³-hybridized carbons (Fsp3) is 0.136. The largest absolute Gasteiger partial charge is 0.504 e. The number of aromatic hydroxyl groups is 1. The quantitative estimate of drug-likeness (QED) is 0.404. The van der Waals surface area contributed by atoms with Crippen LogP contribution in [0.25, 0.3) is 22.3 Å². The van der Waals surface area contributed by atoms with E-state index in [1.165, 1.54) is 23.8 Å². The molecule has 4 rings (SSSR count). The number of aromatic nitrogens is 4. The van der Waals surface area contributed by atoms with Crippen molar-refractivity contribution in [2.24, 2.45) is 0 Å². The summed E-state index contributed by atoms with van der Waals surface area (Å²) in [6.07, 6.45) is 1.33. The predicted molar refractivity (Wildman–Crippen MR) is 126 cm³/mol. The van der Waals surface area contributed by atoms with Crippen LogP contribution in [0.1, 0.15) is 0 Å². The van der Waals surface area contributed by atoms with Crippen molar-refractivity contribution in [1.29, 1.82) is 0 Å². The third-order valence-electron chi connectivity index (χ3n) is 5.09. The van der Waals surface area contributed by atoms with E-state index in [0.717, 1.165) is 5.41 Å². The monoisotopic (exact) mass is 466 g/mol. The van der Waals surface area contributed by atoms with Gasteiger partial charge in [0.2, 0.25) is 0 Å². The Morgan fingerprint density at radius 2 is 1.97 bits per heavy atom. The highest BCUT2D eigenvalue weighted by Gasteiger charge is 2.22. The SMILES string of the molecule is C=CS(=O)(=O)N(CCn1nc(-c2ccc(O)c(OC)c2)c2c(N)ncnc21)c1ccccc1. The number of nitrogens with zero attached hydrogens (tertiary/aromatic N) is 5. The van der Waals surface area contributed by atoms with Gasteiger partial charge in [-0.25, -0.2) is 23.1 Å². The number of benzene rings is 2. The highest BCUT2D eigenvalue weighted by atomic mass is 32.2. The van der Waals surface area contributed by atoms with Gasteiger partial charge in [-0.3, -0.25) is 4.31 Å². The van der Waals surface area contributed by atoms with Crippen LogP contribution in [-0.2, 0) is 16.6 Å². The Balaban J connectivity index is 1.78. The Kier molecular flexibility index (Phi) is 5.88. The predicted octanol–water partition coefficient (Wildman–Crippen LogP) is 2.77. The van der Waals surface area contributed by atoms with Crippen molar-refractivity contribution in [3.63, 3.8) is 0 Å². The van der Waals surface area contributed by atoms with Gasteiger partial charge in [0.15, 0.2) is 17.1 Å². The van der Waals surface area contributed by atoms with Crippen molar-refractivity contribution in [3.05, 3.63) is 66.8 Å². The Morgan fingerprint density at radius 3 is 2.67 bits per heavy atom. The van der Waals surface area contributed by atoms with E-state index >= 15 is 0 Å². The molecule has 0 aliphatic carbocycles. The Labute approximate surface area is 190 Å². The Hall–Kier alpha value is -4.12. The topological polar surface area (TPSA) is 136 Å². The van der Waals surface area contributed by atoms with Crippen molar-refractivity contribution in [2.75, 3.05) is 23.7 Å². The zero-order valence-electron chi connectivity index (χ0n) is 17.8. The van der Waals surface area contributed by atoms with Gasteiger partial charge in [-0.1, -0.05) is 24.8 Å². The molecule has 0 spiro atoms. The van der Waals surface area contributed by atoms with Gasteiger partial charge >= 0.3 is 0 Å². The summed E-state index contributed by atoms with van der Waals surface area (Å²) >= 11 is 0. The van der Waals surface area contributed by atoms with Crippen molar-refractivity contribution in [1.82, 2.24) is 19.7 Å². The smallest absolute Gasteiger partial charge is 0.256 e. The molecule has 0 bridgehead atoms. The molecule has 0 amide bonds. The number of nitrogen functional groups attached to an aromatic ring is 1. The van der Waals surface area contributed by atoms with Crippen LogP contribution in [0.2, 0.25) is 0 Å². The minimum atomic E-state index is -3.75. The number of phenols is 1. The summed E-state index contributed by atoms with van der Waals surface area (Å²) in [6, 6.07) is 13.5. The normalized spacial score (nSPS) is 11.4. The first-order chi connectivity index (χ1) is 15.9. The molecule has 0 saturated carbocycles. The van der Waals surface area contributed by atoms with Crippen LogP contribution in [0.3, 0.4) is 0 Å². The van der Waals surface area contributed by atoms with Crippen LogP contribution in [0.5, 0.6) is 11.5 Å². The van der Waals surface area contributed by atoms with E-state index in [2.05, 4.69) is 21.6 Å². The third kappa shape index (κ3) is 4.17. The summed E-state index contributed by atoms with van der Waals surface area (Å²) in [4.78, 5) is 8.40. The second-order valence-corrected chi connectivity index (χ2v) is 8.84. The Bertz CT molecular complexity index is 1420. The molecule has 2 aromatic heterocycles. The molecular formula is C22H22N6O4S. The van der Waals surface area contributed by atoms with Gasteiger partial charge < -0.3 is 15.6 Å².